The Labute approximate surface area is 183 Å². The molecule has 1 aliphatic heterocycles. The SMILES string of the molecule is CC(=O)Nc1ccc(S(=O)(=O)N2CCC(CC(=O)N[C@H](C)c3ccccc3)CC2)cc1. The molecule has 0 spiro atoms. The molecule has 2 amide bonds. The third-order valence-corrected chi connectivity index (χ3v) is 7.45. The van der Waals surface area contributed by atoms with Gasteiger partial charge in [-0.15, -0.1) is 0 Å². The molecule has 0 aromatic heterocycles. The molecule has 1 fully saturated rings. The Balaban J connectivity index is 1.51. The van der Waals surface area contributed by atoms with Gasteiger partial charge in [0.05, 0.1) is 10.9 Å². The van der Waals surface area contributed by atoms with Crippen molar-refractivity contribution in [1.29, 1.82) is 0 Å². The van der Waals surface area contributed by atoms with Crippen molar-refractivity contribution in [3.63, 3.8) is 0 Å². The fraction of sp³-hybridized carbons (Fsp3) is 0.391. The van der Waals surface area contributed by atoms with E-state index in [2.05, 4.69) is 10.6 Å². The zero-order valence-corrected chi connectivity index (χ0v) is 18.7. The topological polar surface area (TPSA) is 95.6 Å². The smallest absolute Gasteiger partial charge is 0.243 e. The highest BCUT2D eigenvalue weighted by Crippen LogP contribution is 2.26. The minimum absolute atomic E-state index is 0.00813. The molecule has 0 saturated carbocycles. The van der Waals surface area contributed by atoms with Gasteiger partial charge in [0.1, 0.15) is 0 Å². The van der Waals surface area contributed by atoms with Gasteiger partial charge in [-0.05, 0) is 55.5 Å². The van der Waals surface area contributed by atoms with Crippen molar-refractivity contribution in [2.75, 3.05) is 18.4 Å². The van der Waals surface area contributed by atoms with Crippen LogP contribution in [0.3, 0.4) is 0 Å². The van der Waals surface area contributed by atoms with E-state index in [1.807, 2.05) is 37.3 Å². The summed E-state index contributed by atoms with van der Waals surface area (Å²) in [6, 6.07) is 15.9. The molecule has 2 aromatic rings. The van der Waals surface area contributed by atoms with E-state index in [1.54, 1.807) is 12.1 Å². The number of benzene rings is 2. The van der Waals surface area contributed by atoms with Crippen molar-refractivity contribution < 1.29 is 18.0 Å². The zero-order valence-electron chi connectivity index (χ0n) is 17.9. The summed E-state index contributed by atoms with van der Waals surface area (Å²) >= 11 is 0. The van der Waals surface area contributed by atoms with Crippen molar-refractivity contribution in [1.82, 2.24) is 9.62 Å². The molecule has 1 aliphatic rings. The Morgan fingerprint density at radius 2 is 1.65 bits per heavy atom. The maximum Gasteiger partial charge on any atom is 0.243 e. The molecule has 166 valence electrons. The first-order valence-corrected chi connectivity index (χ1v) is 11.9. The first-order valence-electron chi connectivity index (χ1n) is 10.5. The number of nitrogens with zero attached hydrogens (tertiary/aromatic N) is 1. The molecule has 3 rings (SSSR count). The largest absolute Gasteiger partial charge is 0.350 e. The molecule has 2 aromatic carbocycles. The molecule has 7 nitrogen and oxygen atoms in total. The maximum absolute atomic E-state index is 12.9. The van der Waals surface area contributed by atoms with Gasteiger partial charge in [-0.3, -0.25) is 9.59 Å². The Morgan fingerprint density at radius 1 is 1.03 bits per heavy atom. The minimum Gasteiger partial charge on any atom is -0.350 e. The van der Waals surface area contributed by atoms with Gasteiger partial charge in [0.25, 0.3) is 0 Å². The average molecular weight is 444 g/mol. The normalized spacial score (nSPS) is 16.5. The van der Waals surface area contributed by atoms with Crippen LogP contribution in [0.2, 0.25) is 0 Å². The quantitative estimate of drug-likeness (QED) is 0.686. The van der Waals surface area contributed by atoms with Gasteiger partial charge in [-0.1, -0.05) is 30.3 Å². The first-order chi connectivity index (χ1) is 14.8. The molecular weight excluding hydrogens is 414 g/mol. The molecule has 0 bridgehead atoms. The summed E-state index contributed by atoms with van der Waals surface area (Å²) in [6.07, 6.45) is 1.70. The van der Waals surface area contributed by atoms with Crippen LogP contribution < -0.4 is 10.6 Å². The Morgan fingerprint density at radius 3 is 2.23 bits per heavy atom. The van der Waals surface area contributed by atoms with Crippen LogP contribution in [0.1, 0.15) is 44.7 Å². The summed E-state index contributed by atoms with van der Waals surface area (Å²) in [6.45, 7) is 4.14. The molecule has 1 atom stereocenters. The lowest BCUT2D eigenvalue weighted by Gasteiger charge is -2.31. The number of hydrogen-bond donors (Lipinski definition) is 2. The summed E-state index contributed by atoms with van der Waals surface area (Å²) in [7, 11) is -3.59. The van der Waals surface area contributed by atoms with E-state index in [0.717, 1.165) is 5.56 Å². The summed E-state index contributed by atoms with van der Waals surface area (Å²) in [5, 5.41) is 5.65. The molecule has 0 aliphatic carbocycles. The molecule has 1 saturated heterocycles. The van der Waals surface area contributed by atoms with Gasteiger partial charge < -0.3 is 10.6 Å². The fourth-order valence-electron chi connectivity index (χ4n) is 3.80. The van der Waals surface area contributed by atoms with E-state index in [-0.39, 0.29) is 28.7 Å². The monoisotopic (exact) mass is 443 g/mol. The van der Waals surface area contributed by atoms with Gasteiger partial charge >= 0.3 is 0 Å². The summed E-state index contributed by atoms with van der Waals surface area (Å²) < 4.78 is 27.3. The molecule has 31 heavy (non-hydrogen) atoms. The van der Waals surface area contributed by atoms with E-state index in [4.69, 9.17) is 0 Å². The van der Waals surface area contributed by atoms with Crippen LogP contribution in [0, 0.1) is 5.92 Å². The molecule has 2 N–H and O–H groups in total. The molecular formula is C23H29N3O4S. The lowest BCUT2D eigenvalue weighted by atomic mass is 9.94. The summed E-state index contributed by atoms with van der Waals surface area (Å²) in [5.41, 5.74) is 1.61. The third-order valence-electron chi connectivity index (χ3n) is 5.54. The molecule has 1 heterocycles. The number of nitrogens with one attached hydrogen (secondary N) is 2. The number of rotatable bonds is 7. The maximum atomic E-state index is 12.9. The lowest BCUT2D eigenvalue weighted by Crippen LogP contribution is -2.39. The fourth-order valence-corrected chi connectivity index (χ4v) is 5.27. The van der Waals surface area contributed by atoms with E-state index >= 15 is 0 Å². The van der Waals surface area contributed by atoms with E-state index in [1.165, 1.54) is 23.4 Å². The second-order valence-corrected chi connectivity index (χ2v) is 9.89. The van der Waals surface area contributed by atoms with Crippen molar-refractivity contribution in [2.45, 2.75) is 44.0 Å². The van der Waals surface area contributed by atoms with Crippen LogP contribution in [-0.2, 0) is 19.6 Å². The van der Waals surface area contributed by atoms with Gasteiger partial charge in [0, 0.05) is 32.1 Å². The number of hydrogen-bond acceptors (Lipinski definition) is 4. The highest BCUT2D eigenvalue weighted by molar-refractivity contribution is 7.89. The highest BCUT2D eigenvalue weighted by Gasteiger charge is 2.30. The van der Waals surface area contributed by atoms with Gasteiger partial charge in [0.15, 0.2) is 0 Å². The second kappa shape index (κ2) is 10.1. The predicted molar refractivity (Wildman–Crippen MR) is 120 cm³/mol. The molecule has 8 heteroatoms. The molecule has 0 unspecified atom stereocenters. The van der Waals surface area contributed by atoms with Crippen LogP contribution in [0.5, 0.6) is 0 Å². The van der Waals surface area contributed by atoms with Crippen molar-refractivity contribution in [3.05, 3.63) is 60.2 Å². The summed E-state index contributed by atoms with van der Waals surface area (Å²) in [4.78, 5) is 23.7. The van der Waals surface area contributed by atoms with Gasteiger partial charge in [-0.2, -0.15) is 4.31 Å². The van der Waals surface area contributed by atoms with Crippen molar-refractivity contribution in [3.8, 4) is 0 Å². The number of carbonyl (C=O) groups excluding carboxylic acids is 2. The average Bonchev–Trinajstić information content (AvgIpc) is 2.74. The number of amides is 2. The molecule has 0 radical (unpaired) electrons. The standard InChI is InChI=1S/C23H29N3O4S/c1-17(20-6-4-3-5-7-20)24-23(28)16-19-12-14-26(15-13-19)31(29,30)22-10-8-21(9-11-22)25-18(2)27/h3-11,17,19H,12-16H2,1-2H3,(H,24,28)(H,25,27)/t17-/m1/s1. The van der Waals surface area contributed by atoms with E-state index in [9.17, 15) is 18.0 Å². The first kappa shape index (κ1) is 23.0. The Kier molecular flexibility index (Phi) is 7.46. The zero-order chi connectivity index (χ0) is 22.4. The highest BCUT2D eigenvalue weighted by atomic mass is 32.2. The number of piperidine rings is 1. The lowest BCUT2D eigenvalue weighted by molar-refractivity contribution is -0.123. The number of anilines is 1. The van der Waals surface area contributed by atoms with Gasteiger partial charge in [-0.25, -0.2) is 8.42 Å². The minimum atomic E-state index is -3.59. The van der Waals surface area contributed by atoms with Crippen LogP contribution >= 0.6 is 0 Å². The Hall–Kier alpha value is -2.71. The van der Waals surface area contributed by atoms with Crippen molar-refractivity contribution in [2.24, 2.45) is 5.92 Å². The van der Waals surface area contributed by atoms with Gasteiger partial charge in [0.2, 0.25) is 21.8 Å². The van der Waals surface area contributed by atoms with Crippen LogP contribution in [0.15, 0.2) is 59.5 Å². The van der Waals surface area contributed by atoms with Crippen LogP contribution in [0.25, 0.3) is 0 Å². The van der Waals surface area contributed by atoms with E-state index in [0.29, 0.717) is 38.0 Å². The third kappa shape index (κ3) is 6.15. The van der Waals surface area contributed by atoms with E-state index < -0.39 is 10.0 Å². The van der Waals surface area contributed by atoms with Crippen LogP contribution in [0.4, 0.5) is 5.69 Å². The predicted octanol–water partition coefficient (Wildman–Crippen LogP) is 3.31. The number of sulfonamides is 1. The second-order valence-electron chi connectivity index (χ2n) is 7.96. The van der Waals surface area contributed by atoms with Crippen molar-refractivity contribution >= 4 is 27.5 Å². The number of carbonyl (C=O) groups is 2. The summed E-state index contributed by atoms with van der Waals surface area (Å²) in [5.74, 6) is -0.0531. The van der Waals surface area contributed by atoms with Crippen LogP contribution in [-0.4, -0.2) is 37.6 Å². The Bertz CT molecular complexity index is 999.